The zero-order chi connectivity index (χ0) is 50.9. The van der Waals surface area contributed by atoms with Crippen molar-refractivity contribution < 1.29 is 38.1 Å². The Morgan fingerprint density at radius 3 is 0.931 bits per heavy atom. The summed E-state index contributed by atoms with van der Waals surface area (Å²) in [5, 5.41) is 0. The number of ether oxygens (including phenoxy) is 4. The molecule has 0 unspecified atom stereocenters. The van der Waals surface area contributed by atoms with Gasteiger partial charge in [-0.1, -0.05) is 36.4 Å². The Morgan fingerprint density at radius 2 is 0.583 bits per heavy atom. The molecule has 0 spiro atoms. The van der Waals surface area contributed by atoms with Gasteiger partial charge in [0.25, 0.3) is 23.6 Å². The molecule has 0 saturated heterocycles. The third-order valence-corrected chi connectivity index (χ3v) is 13.8. The topological polar surface area (TPSA) is 112 Å². The lowest BCUT2D eigenvalue weighted by Gasteiger charge is -2.22. The van der Waals surface area contributed by atoms with Crippen LogP contribution in [0.4, 0.5) is 11.4 Å². The number of rotatable bonds is 11. The van der Waals surface area contributed by atoms with Crippen LogP contribution in [0.1, 0.15) is 97.1 Å². The molecule has 0 radical (unpaired) electrons. The molecule has 0 N–H and O–H groups in total. The van der Waals surface area contributed by atoms with Crippen LogP contribution < -0.4 is 28.7 Å². The summed E-state index contributed by atoms with van der Waals surface area (Å²) in [6.45, 7) is 20.4. The summed E-state index contributed by atoms with van der Waals surface area (Å²) in [6, 6.07) is 40.0. The lowest BCUT2D eigenvalue weighted by atomic mass is 9.88. The number of anilines is 2. The molecule has 2 heterocycles. The molecule has 358 valence electrons. The summed E-state index contributed by atoms with van der Waals surface area (Å²) < 4.78 is 26.2. The number of hydrogen-bond donors (Lipinski definition) is 0. The van der Waals surface area contributed by atoms with Crippen LogP contribution in [0, 0.1) is 69.2 Å². The second kappa shape index (κ2) is 18.2. The number of hydrogen-bond acceptors (Lipinski definition) is 8. The number of fused-ring (bicyclic) bond motifs is 2. The third-order valence-electron chi connectivity index (χ3n) is 13.8. The molecule has 0 saturated carbocycles. The van der Waals surface area contributed by atoms with Gasteiger partial charge in [0, 0.05) is 0 Å². The van der Waals surface area contributed by atoms with Gasteiger partial charge in [-0.25, -0.2) is 9.80 Å². The normalized spacial score (nSPS) is 12.9. The molecule has 0 atom stereocenters. The minimum Gasteiger partial charge on any atom is -0.457 e. The SMILES string of the molecule is Cc1cc(Oc2c(C)cc(-c3cc(C)c(Oc4cc(C)c(Oc5ccc6c(c5)C(=O)N(c5ccccc5)C6=O)c(C)c4)c(C)c3C)c(C)c2C)cc(C)c1Oc1ccc2c(c1)C(=O)N(c1ccccc1)C2=O. The van der Waals surface area contributed by atoms with Gasteiger partial charge in [0.2, 0.25) is 0 Å². The Balaban J connectivity index is 0.847. The van der Waals surface area contributed by atoms with E-state index in [-0.39, 0.29) is 23.6 Å². The van der Waals surface area contributed by atoms with E-state index in [1.54, 1.807) is 84.9 Å². The quantitative estimate of drug-likeness (QED) is 0.118. The zero-order valence-corrected chi connectivity index (χ0v) is 41.9. The van der Waals surface area contributed by atoms with E-state index >= 15 is 0 Å². The molecule has 10 rings (SSSR count). The number of nitrogens with zero attached hydrogens (tertiary/aromatic N) is 2. The predicted octanol–water partition coefficient (Wildman–Crippen LogP) is 15.2. The van der Waals surface area contributed by atoms with Crippen LogP contribution in [-0.4, -0.2) is 23.6 Å². The van der Waals surface area contributed by atoms with Gasteiger partial charge in [0.15, 0.2) is 0 Å². The van der Waals surface area contributed by atoms with Crippen molar-refractivity contribution in [3.8, 4) is 57.1 Å². The van der Waals surface area contributed by atoms with Gasteiger partial charge in [-0.3, -0.25) is 19.2 Å². The molecule has 0 aliphatic carbocycles. The van der Waals surface area contributed by atoms with E-state index in [0.29, 0.717) is 68.1 Å². The van der Waals surface area contributed by atoms with Crippen molar-refractivity contribution in [3.63, 3.8) is 0 Å². The highest BCUT2D eigenvalue weighted by Gasteiger charge is 2.38. The number of carbonyl (C=O) groups excluding carboxylic acids is 4. The molecule has 8 aromatic rings. The first-order chi connectivity index (χ1) is 34.5. The van der Waals surface area contributed by atoms with Crippen LogP contribution in [-0.2, 0) is 0 Å². The average molecular weight is 953 g/mol. The van der Waals surface area contributed by atoms with Crippen molar-refractivity contribution in [1.29, 1.82) is 0 Å². The molecule has 0 bridgehead atoms. The van der Waals surface area contributed by atoms with E-state index in [2.05, 4.69) is 53.7 Å². The zero-order valence-electron chi connectivity index (χ0n) is 41.9. The molecule has 4 amide bonds. The summed E-state index contributed by atoms with van der Waals surface area (Å²) in [6.07, 6.45) is 0. The molecule has 10 nitrogen and oxygen atoms in total. The standard InChI is InChI=1S/C62H52N2O8/c1-33-25-47(26-34(2)55(33)69-45-21-23-49-53(31-45)61(67)63(59(49)65)43-17-13-11-14-18-43)71-57-37(5)29-51(39(7)41(57)9)52-30-38(6)58(42(10)40(52)8)72-48-27-35(3)56(36(4)28-48)70-46-22-24-50-54(32-46)62(68)64(60(50)66)44-19-15-12-16-20-44/h11-32H,1-10H3. The Kier molecular flexibility index (Phi) is 11.9. The molecule has 0 aromatic heterocycles. The van der Waals surface area contributed by atoms with E-state index in [1.807, 2.05) is 64.1 Å². The predicted molar refractivity (Wildman–Crippen MR) is 280 cm³/mol. The smallest absolute Gasteiger partial charge is 0.266 e. The molecule has 0 fully saturated rings. The van der Waals surface area contributed by atoms with E-state index in [9.17, 15) is 19.2 Å². The van der Waals surface area contributed by atoms with Gasteiger partial charge in [0.05, 0.1) is 33.6 Å². The second-order valence-electron chi connectivity index (χ2n) is 18.8. The molecule has 72 heavy (non-hydrogen) atoms. The Hall–Kier alpha value is -8.76. The van der Waals surface area contributed by atoms with Gasteiger partial charge in [-0.2, -0.15) is 0 Å². The fourth-order valence-corrected chi connectivity index (χ4v) is 9.91. The first-order valence-electron chi connectivity index (χ1n) is 23.8. The molecule has 2 aliphatic heterocycles. The maximum atomic E-state index is 13.4. The van der Waals surface area contributed by atoms with Gasteiger partial charge in [-0.15, -0.1) is 0 Å². The van der Waals surface area contributed by atoms with E-state index in [4.69, 9.17) is 18.9 Å². The van der Waals surface area contributed by atoms with Gasteiger partial charge < -0.3 is 18.9 Å². The van der Waals surface area contributed by atoms with Crippen LogP contribution >= 0.6 is 0 Å². The summed E-state index contributed by atoms with van der Waals surface area (Å²) in [5.74, 6) is 3.63. The summed E-state index contributed by atoms with van der Waals surface area (Å²) in [4.78, 5) is 55.6. The monoisotopic (exact) mass is 952 g/mol. The fourth-order valence-electron chi connectivity index (χ4n) is 9.91. The lowest BCUT2D eigenvalue weighted by molar-refractivity contribution is 0.0910. The lowest BCUT2D eigenvalue weighted by Crippen LogP contribution is -2.29. The number of amides is 4. The van der Waals surface area contributed by atoms with Crippen LogP contribution in [0.2, 0.25) is 0 Å². The van der Waals surface area contributed by atoms with Gasteiger partial charge in [-0.05, 0) is 233 Å². The number of imide groups is 2. The van der Waals surface area contributed by atoms with Crippen LogP contribution in [0.25, 0.3) is 11.1 Å². The average Bonchev–Trinajstić information content (AvgIpc) is 3.76. The minimum absolute atomic E-state index is 0.303. The van der Waals surface area contributed by atoms with Crippen molar-refractivity contribution in [2.24, 2.45) is 0 Å². The van der Waals surface area contributed by atoms with Crippen molar-refractivity contribution in [2.75, 3.05) is 9.80 Å². The first kappa shape index (κ1) is 46.9. The van der Waals surface area contributed by atoms with Gasteiger partial charge in [0.1, 0.15) is 46.0 Å². The van der Waals surface area contributed by atoms with E-state index < -0.39 is 0 Å². The number of benzene rings is 8. The Labute approximate surface area is 419 Å². The third kappa shape index (κ3) is 8.14. The molecule has 8 aromatic carbocycles. The first-order valence-corrected chi connectivity index (χ1v) is 23.8. The van der Waals surface area contributed by atoms with Gasteiger partial charge >= 0.3 is 0 Å². The van der Waals surface area contributed by atoms with Crippen molar-refractivity contribution >= 4 is 35.0 Å². The second-order valence-corrected chi connectivity index (χ2v) is 18.8. The van der Waals surface area contributed by atoms with Crippen molar-refractivity contribution in [3.05, 3.63) is 211 Å². The maximum absolute atomic E-state index is 13.4. The van der Waals surface area contributed by atoms with Crippen molar-refractivity contribution in [1.82, 2.24) is 0 Å². The largest absolute Gasteiger partial charge is 0.457 e. The highest BCUT2D eigenvalue weighted by Crippen LogP contribution is 2.44. The fraction of sp³-hybridized carbons (Fsp3) is 0.161. The highest BCUT2D eigenvalue weighted by atomic mass is 16.5. The highest BCUT2D eigenvalue weighted by molar-refractivity contribution is 6.35. The molecule has 10 heteroatoms. The summed E-state index contributed by atoms with van der Waals surface area (Å²) in [7, 11) is 0. The van der Waals surface area contributed by atoms with Crippen LogP contribution in [0.5, 0.6) is 46.0 Å². The Morgan fingerprint density at radius 1 is 0.278 bits per heavy atom. The molecular weight excluding hydrogens is 901 g/mol. The molecular formula is C62H52N2O8. The Bertz CT molecular complexity index is 3330. The summed E-state index contributed by atoms with van der Waals surface area (Å²) >= 11 is 0. The van der Waals surface area contributed by atoms with Crippen LogP contribution in [0.15, 0.2) is 133 Å². The number of carbonyl (C=O) groups is 4. The van der Waals surface area contributed by atoms with Crippen molar-refractivity contribution in [2.45, 2.75) is 69.2 Å². The summed E-state index contributed by atoms with van der Waals surface area (Å²) in [5.41, 5.74) is 14.2. The van der Waals surface area contributed by atoms with Crippen LogP contribution in [0.3, 0.4) is 0 Å². The number of aryl methyl sites for hydroxylation is 6. The minimum atomic E-state index is -0.384. The van der Waals surface area contributed by atoms with E-state index in [0.717, 1.165) is 78.3 Å². The molecule has 2 aliphatic rings. The number of para-hydroxylation sites is 2. The maximum Gasteiger partial charge on any atom is 0.266 e. The van der Waals surface area contributed by atoms with E-state index in [1.165, 1.54) is 9.80 Å².